The van der Waals surface area contributed by atoms with E-state index in [1.165, 1.54) is 58.0 Å². The van der Waals surface area contributed by atoms with Crippen LogP contribution in [0.3, 0.4) is 0 Å². The Morgan fingerprint density at radius 1 is 1.12 bits per heavy atom. The highest BCUT2D eigenvalue weighted by atomic mass is 15.2. The maximum absolute atomic E-state index is 3.58. The summed E-state index contributed by atoms with van der Waals surface area (Å²) < 4.78 is 0. The molecule has 17 heavy (non-hydrogen) atoms. The molecule has 1 rings (SSSR count). The average Bonchev–Trinajstić information content (AvgIpc) is 2.36. The first-order valence-electron chi connectivity index (χ1n) is 7.75. The molecule has 1 heterocycles. The molecule has 2 heteroatoms. The first-order chi connectivity index (χ1) is 8.27. The molecule has 0 amide bonds. The van der Waals surface area contributed by atoms with Crippen LogP contribution in [0.25, 0.3) is 0 Å². The second-order valence-electron chi connectivity index (χ2n) is 5.57. The Morgan fingerprint density at radius 3 is 2.41 bits per heavy atom. The van der Waals surface area contributed by atoms with Crippen LogP contribution in [-0.2, 0) is 0 Å². The van der Waals surface area contributed by atoms with Crippen molar-refractivity contribution < 1.29 is 0 Å². The van der Waals surface area contributed by atoms with E-state index in [-0.39, 0.29) is 0 Å². The van der Waals surface area contributed by atoms with Gasteiger partial charge in [-0.05, 0) is 45.8 Å². The standard InChI is InChI=1S/C15H32N2/c1-4-6-7-8-9-14(3)17-12-10-15(11-13-17)16-5-2/h14-16H,4-13H2,1-3H3. The Hall–Kier alpha value is -0.0800. The number of hydrogen-bond donors (Lipinski definition) is 1. The highest BCUT2D eigenvalue weighted by molar-refractivity contribution is 4.79. The molecular formula is C15H32N2. The van der Waals surface area contributed by atoms with Crippen LogP contribution in [0.15, 0.2) is 0 Å². The summed E-state index contributed by atoms with van der Waals surface area (Å²) in [5.41, 5.74) is 0. The zero-order valence-electron chi connectivity index (χ0n) is 12.2. The fourth-order valence-corrected chi connectivity index (χ4v) is 2.88. The molecule has 1 aliphatic heterocycles. The van der Waals surface area contributed by atoms with Crippen LogP contribution < -0.4 is 5.32 Å². The highest BCUT2D eigenvalue weighted by Gasteiger charge is 2.21. The molecule has 0 aliphatic carbocycles. The van der Waals surface area contributed by atoms with Crippen LogP contribution in [0.2, 0.25) is 0 Å². The average molecular weight is 240 g/mol. The van der Waals surface area contributed by atoms with Gasteiger partial charge in [-0.3, -0.25) is 0 Å². The van der Waals surface area contributed by atoms with Crippen molar-refractivity contribution in [1.82, 2.24) is 10.2 Å². The van der Waals surface area contributed by atoms with E-state index in [1.807, 2.05) is 0 Å². The molecule has 0 aromatic heterocycles. The summed E-state index contributed by atoms with van der Waals surface area (Å²) in [4.78, 5) is 2.69. The minimum absolute atomic E-state index is 0.781. The number of likely N-dealkylation sites (tertiary alicyclic amines) is 1. The summed E-state index contributed by atoms with van der Waals surface area (Å²) in [6.45, 7) is 10.6. The Morgan fingerprint density at radius 2 is 1.82 bits per heavy atom. The van der Waals surface area contributed by atoms with E-state index in [0.717, 1.165) is 18.6 Å². The molecule has 0 spiro atoms. The molecule has 0 radical (unpaired) electrons. The minimum atomic E-state index is 0.781. The molecule has 2 nitrogen and oxygen atoms in total. The third-order valence-corrected chi connectivity index (χ3v) is 4.12. The van der Waals surface area contributed by atoms with Crippen LogP contribution in [0.4, 0.5) is 0 Å². The van der Waals surface area contributed by atoms with Crippen molar-refractivity contribution in [1.29, 1.82) is 0 Å². The monoisotopic (exact) mass is 240 g/mol. The van der Waals surface area contributed by atoms with Crippen molar-refractivity contribution >= 4 is 0 Å². The van der Waals surface area contributed by atoms with E-state index in [9.17, 15) is 0 Å². The van der Waals surface area contributed by atoms with Gasteiger partial charge in [0.05, 0.1) is 0 Å². The maximum atomic E-state index is 3.58. The lowest BCUT2D eigenvalue weighted by molar-refractivity contribution is 0.145. The number of nitrogens with zero attached hydrogens (tertiary/aromatic N) is 1. The second kappa shape index (κ2) is 8.93. The normalized spacial score (nSPS) is 20.6. The van der Waals surface area contributed by atoms with Crippen molar-refractivity contribution in [2.24, 2.45) is 0 Å². The molecule has 1 unspecified atom stereocenters. The van der Waals surface area contributed by atoms with Crippen LogP contribution in [0, 0.1) is 0 Å². The van der Waals surface area contributed by atoms with Crippen LogP contribution in [0.5, 0.6) is 0 Å². The van der Waals surface area contributed by atoms with Gasteiger partial charge in [0.2, 0.25) is 0 Å². The van der Waals surface area contributed by atoms with Gasteiger partial charge in [0.15, 0.2) is 0 Å². The first kappa shape index (κ1) is 15.0. The van der Waals surface area contributed by atoms with Crippen molar-refractivity contribution in [3.8, 4) is 0 Å². The lowest BCUT2D eigenvalue weighted by Crippen LogP contribution is -2.45. The van der Waals surface area contributed by atoms with Gasteiger partial charge in [-0.2, -0.15) is 0 Å². The lowest BCUT2D eigenvalue weighted by atomic mass is 10.0. The van der Waals surface area contributed by atoms with Gasteiger partial charge in [-0.1, -0.05) is 39.5 Å². The smallest absolute Gasteiger partial charge is 0.00912 e. The molecular weight excluding hydrogens is 208 g/mol. The molecule has 0 bridgehead atoms. The molecule has 0 aromatic rings. The maximum Gasteiger partial charge on any atom is 0.00912 e. The SMILES string of the molecule is CCCCCCC(C)N1CCC(NCC)CC1. The molecule has 102 valence electrons. The number of rotatable bonds is 8. The number of nitrogens with one attached hydrogen (secondary N) is 1. The molecule has 1 N–H and O–H groups in total. The molecule has 1 saturated heterocycles. The largest absolute Gasteiger partial charge is 0.314 e. The van der Waals surface area contributed by atoms with Gasteiger partial charge in [-0.25, -0.2) is 0 Å². The molecule has 0 aromatic carbocycles. The van der Waals surface area contributed by atoms with Gasteiger partial charge in [0.25, 0.3) is 0 Å². The Labute approximate surface area is 108 Å². The Kier molecular flexibility index (Phi) is 7.87. The zero-order chi connectivity index (χ0) is 12.5. The van der Waals surface area contributed by atoms with E-state index >= 15 is 0 Å². The molecule has 0 saturated carbocycles. The summed E-state index contributed by atoms with van der Waals surface area (Å²) in [6.07, 6.45) is 9.68. The van der Waals surface area contributed by atoms with E-state index < -0.39 is 0 Å². The topological polar surface area (TPSA) is 15.3 Å². The van der Waals surface area contributed by atoms with Crippen molar-refractivity contribution in [3.63, 3.8) is 0 Å². The summed E-state index contributed by atoms with van der Waals surface area (Å²) in [6, 6.07) is 1.58. The van der Waals surface area contributed by atoms with Gasteiger partial charge < -0.3 is 10.2 Å². The summed E-state index contributed by atoms with van der Waals surface area (Å²) in [5, 5.41) is 3.58. The summed E-state index contributed by atoms with van der Waals surface area (Å²) >= 11 is 0. The van der Waals surface area contributed by atoms with E-state index in [1.54, 1.807) is 0 Å². The third-order valence-electron chi connectivity index (χ3n) is 4.12. The highest BCUT2D eigenvalue weighted by Crippen LogP contribution is 2.17. The van der Waals surface area contributed by atoms with Crippen LogP contribution in [0.1, 0.15) is 65.7 Å². The second-order valence-corrected chi connectivity index (χ2v) is 5.57. The first-order valence-corrected chi connectivity index (χ1v) is 7.75. The fourth-order valence-electron chi connectivity index (χ4n) is 2.88. The van der Waals surface area contributed by atoms with Crippen molar-refractivity contribution in [2.45, 2.75) is 77.8 Å². The van der Waals surface area contributed by atoms with E-state index in [2.05, 4.69) is 31.0 Å². The summed E-state index contributed by atoms with van der Waals surface area (Å²) in [5.74, 6) is 0. The Bertz CT molecular complexity index is 174. The molecule has 1 atom stereocenters. The van der Waals surface area contributed by atoms with Gasteiger partial charge in [0.1, 0.15) is 0 Å². The predicted molar refractivity (Wildman–Crippen MR) is 76.5 cm³/mol. The molecule has 1 aliphatic rings. The van der Waals surface area contributed by atoms with Crippen LogP contribution >= 0.6 is 0 Å². The van der Waals surface area contributed by atoms with Crippen LogP contribution in [-0.4, -0.2) is 36.6 Å². The van der Waals surface area contributed by atoms with Crippen molar-refractivity contribution in [3.05, 3.63) is 0 Å². The Balaban J connectivity index is 2.10. The predicted octanol–water partition coefficient (Wildman–Crippen LogP) is 3.42. The fraction of sp³-hybridized carbons (Fsp3) is 1.00. The third kappa shape index (κ3) is 5.87. The van der Waals surface area contributed by atoms with Gasteiger partial charge >= 0.3 is 0 Å². The number of hydrogen-bond acceptors (Lipinski definition) is 2. The molecule has 1 fully saturated rings. The van der Waals surface area contributed by atoms with Crippen molar-refractivity contribution in [2.75, 3.05) is 19.6 Å². The van der Waals surface area contributed by atoms with E-state index in [4.69, 9.17) is 0 Å². The zero-order valence-corrected chi connectivity index (χ0v) is 12.2. The number of piperidine rings is 1. The van der Waals surface area contributed by atoms with Gasteiger partial charge in [-0.15, -0.1) is 0 Å². The quantitative estimate of drug-likeness (QED) is 0.654. The number of unbranched alkanes of at least 4 members (excludes halogenated alkanes) is 3. The van der Waals surface area contributed by atoms with E-state index in [0.29, 0.717) is 0 Å². The minimum Gasteiger partial charge on any atom is -0.314 e. The van der Waals surface area contributed by atoms with Gasteiger partial charge in [0, 0.05) is 12.1 Å². The lowest BCUT2D eigenvalue weighted by Gasteiger charge is -2.36. The summed E-state index contributed by atoms with van der Waals surface area (Å²) in [7, 11) is 0.